The second-order valence-corrected chi connectivity index (χ2v) is 9.13. The molecule has 0 radical (unpaired) electrons. The van der Waals surface area contributed by atoms with Crippen LogP contribution in [0.25, 0.3) is 22.4 Å². The number of carbonyl (C=O) groups excluding carboxylic acids is 2. The number of thiol groups is 2. The zero-order valence-corrected chi connectivity index (χ0v) is 21.3. The molecule has 2 aromatic carbocycles. The number of rotatable bonds is 5. The fraction of sp³-hybridized carbons (Fsp3) is 0.174. The first-order valence-corrected chi connectivity index (χ1v) is 12.1. The van der Waals surface area contributed by atoms with Crippen LogP contribution in [0.1, 0.15) is 26.3 Å². The standard InChI is InChI=1S/C20H19FN2O2S.2CH3NOS.CH4.H2O/c1-2-5-14-12-18(17-6-3-4-7-19(17)26(22,24)25)20(23-13-14)15-8-10-16(21)11-9-15;2*2-1(3)4;;/h3-4,6-13H,2,5H2,1H3,(H2,22,24,25);2*(H3,2,3,4);1H4;1H2. The Hall–Kier alpha value is -2.97. The summed E-state index contributed by atoms with van der Waals surface area (Å²) in [6.45, 7) is 2.06. The highest BCUT2D eigenvalue weighted by Crippen LogP contribution is 2.35. The first kappa shape index (κ1) is 35.2. The minimum absolute atomic E-state index is 0. The third-order valence-corrected chi connectivity index (χ3v) is 5.05. The van der Waals surface area contributed by atoms with Crippen LogP contribution in [0.15, 0.2) is 65.7 Å². The molecule has 0 atom stereocenters. The van der Waals surface area contributed by atoms with Crippen molar-refractivity contribution in [2.24, 2.45) is 16.6 Å². The molecule has 9 nitrogen and oxygen atoms in total. The highest BCUT2D eigenvalue weighted by molar-refractivity contribution is 7.96. The first-order chi connectivity index (χ1) is 15.9. The number of carbonyl (C=O) groups is 2. The number of hydrogen-bond donors (Lipinski definition) is 5. The van der Waals surface area contributed by atoms with E-state index in [9.17, 15) is 12.8 Å². The third kappa shape index (κ3) is 12.1. The van der Waals surface area contributed by atoms with E-state index in [1.807, 2.05) is 6.07 Å². The number of halogens is 1. The van der Waals surface area contributed by atoms with Crippen molar-refractivity contribution in [3.63, 3.8) is 0 Å². The number of nitrogens with zero attached hydrogens (tertiary/aromatic N) is 1. The van der Waals surface area contributed by atoms with Gasteiger partial charge in [0, 0.05) is 22.9 Å². The molecule has 36 heavy (non-hydrogen) atoms. The van der Waals surface area contributed by atoms with E-state index in [4.69, 9.17) is 14.7 Å². The lowest BCUT2D eigenvalue weighted by Crippen LogP contribution is -2.13. The van der Waals surface area contributed by atoms with Crippen LogP contribution in [-0.4, -0.2) is 29.4 Å². The normalized spacial score (nSPS) is 9.69. The highest BCUT2D eigenvalue weighted by atomic mass is 32.2. The topological polar surface area (TPSA) is 191 Å². The number of hydrogen-bond acceptors (Lipinski definition) is 5. The van der Waals surface area contributed by atoms with E-state index in [-0.39, 0.29) is 23.6 Å². The Morgan fingerprint density at radius 3 is 1.94 bits per heavy atom. The van der Waals surface area contributed by atoms with Crippen molar-refractivity contribution in [3.8, 4) is 22.4 Å². The van der Waals surface area contributed by atoms with E-state index >= 15 is 0 Å². The summed E-state index contributed by atoms with van der Waals surface area (Å²) in [5, 5.41) is 4.12. The SMILES string of the molecule is C.CCCc1cnc(-c2ccc(F)cc2)c(-c2ccccc2S(N)(=O)=O)c1.NC(=O)S.NC(=O)S.O. The van der Waals surface area contributed by atoms with Crippen LogP contribution in [0.5, 0.6) is 0 Å². The number of pyridine rings is 1. The zero-order chi connectivity index (χ0) is 25.9. The maximum atomic E-state index is 13.3. The Kier molecular flexibility index (Phi) is 16.3. The van der Waals surface area contributed by atoms with Gasteiger partial charge in [-0.15, -0.1) is 0 Å². The molecule has 0 aliphatic carbocycles. The monoisotopic (exact) mass is 558 g/mol. The number of benzene rings is 2. The van der Waals surface area contributed by atoms with Gasteiger partial charge in [-0.25, -0.2) is 17.9 Å². The van der Waals surface area contributed by atoms with Gasteiger partial charge in [-0.3, -0.25) is 14.6 Å². The molecule has 13 heteroatoms. The maximum absolute atomic E-state index is 13.3. The molecule has 0 aliphatic heterocycles. The lowest BCUT2D eigenvalue weighted by Gasteiger charge is -2.14. The van der Waals surface area contributed by atoms with Crippen molar-refractivity contribution in [1.29, 1.82) is 0 Å². The number of aromatic nitrogens is 1. The molecule has 0 saturated heterocycles. The van der Waals surface area contributed by atoms with Gasteiger partial charge in [0.15, 0.2) is 0 Å². The van der Waals surface area contributed by atoms with Crippen molar-refractivity contribution < 1.29 is 27.9 Å². The van der Waals surface area contributed by atoms with Crippen LogP contribution >= 0.6 is 25.3 Å². The molecular weight excluding hydrogens is 527 g/mol. The predicted octanol–water partition coefficient (Wildman–Crippen LogP) is 3.96. The fourth-order valence-electron chi connectivity index (χ4n) is 2.91. The Bertz CT molecular complexity index is 1220. The molecule has 1 heterocycles. The van der Waals surface area contributed by atoms with Crippen LogP contribution in [0.4, 0.5) is 14.0 Å². The minimum Gasteiger partial charge on any atom is -0.412 e. The smallest absolute Gasteiger partial charge is 0.273 e. The molecule has 0 unspecified atom stereocenters. The molecule has 0 aliphatic rings. The van der Waals surface area contributed by atoms with Crippen molar-refractivity contribution in [3.05, 3.63) is 72.2 Å². The quantitative estimate of drug-likeness (QED) is 0.296. The van der Waals surface area contributed by atoms with E-state index < -0.39 is 20.5 Å². The van der Waals surface area contributed by atoms with Gasteiger partial charge in [0.25, 0.3) is 10.5 Å². The fourth-order valence-corrected chi connectivity index (χ4v) is 3.67. The molecule has 0 fully saturated rings. The van der Waals surface area contributed by atoms with Crippen molar-refractivity contribution in [2.45, 2.75) is 32.1 Å². The Balaban J connectivity index is 0. The molecule has 0 bridgehead atoms. The molecule has 2 amide bonds. The zero-order valence-electron chi connectivity index (χ0n) is 18.7. The van der Waals surface area contributed by atoms with Gasteiger partial charge >= 0.3 is 0 Å². The van der Waals surface area contributed by atoms with Crippen LogP contribution in [0.2, 0.25) is 0 Å². The summed E-state index contributed by atoms with van der Waals surface area (Å²) in [5.41, 5.74) is 12.1. The molecule has 8 N–H and O–H groups in total. The molecule has 198 valence electrons. The largest absolute Gasteiger partial charge is 0.412 e. The minimum atomic E-state index is -3.90. The lowest BCUT2D eigenvalue weighted by molar-refractivity contribution is 0.266. The summed E-state index contributed by atoms with van der Waals surface area (Å²) in [6.07, 6.45) is 3.53. The number of primary amides is 2. The van der Waals surface area contributed by atoms with Crippen LogP contribution < -0.4 is 16.6 Å². The number of primary sulfonamides is 1. The van der Waals surface area contributed by atoms with Crippen molar-refractivity contribution in [2.75, 3.05) is 0 Å². The van der Waals surface area contributed by atoms with Gasteiger partial charge in [-0.1, -0.05) is 64.2 Å². The van der Waals surface area contributed by atoms with E-state index in [2.05, 4.69) is 48.6 Å². The molecule has 0 spiro atoms. The Morgan fingerprint density at radius 1 is 0.972 bits per heavy atom. The lowest BCUT2D eigenvalue weighted by atomic mass is 9.97. The average molecular weight is 559 g/mol. The van der Waals surface area contributed by atoms with E-state index in [0.29, 0.717) is 22.4 Å². The van der Waals surface area contributed by atoms with E-state index in [1.165, 1.54) is 18.2 Å². The number of aryl methyl sites for hydroxylation is 1. The Morgan fingerprint density at radius 2 is 1.47 bits per heavy atom. The number of amides is 2. The van der Waals surface area contributed by atoms with Crippen LogP contribution in [0.3, 0.4) is 0 Å². The molecule has 0 saturated carbocycles. The summed E-state index contributed by atoms with van der Waals surface area (Å²) in [7, 11) is -3.90. The van der Waals surface area contributed by atoms with E-state index in [1.54, 1.807) is 36.5 Å². The van der Waals surface area contributed by atoms with Gasteiger partial charge in [-0.2, -0.15) is 0 Å². The van der Waals surface area contributed by atoms with Gasteiger partial charge < -0.3 is 16.9 Å². The van der Waals surface area contributed by atoms with Gasteiger partial charge in [0.2, 0.25) is 10.0 Å². The first-order valence-electron chi connectivity index (χ1n) is 9.70. The van der Waals surface area contributed by atoms with Gasteiger partial charge in [0.05, 0.1) is 10.6 Å². The summed E-state index contributed by atoms with van der Waals surface area (Å²) >= 11 is 6.21. The maximum Gasteiger partial charge on any atom is 0.273 e. The van der Waals surface area contributed by atoms with Gasteiger partial charge in [0.1, 0.15) is 5.82 Å². The van der Waals surface area contributed by atoms with E-state index in [0.717, 1.165) is 18.4 Å². The highest BCUT2D eigenvalue weighted by Gasteiger charge is 2.19. The summed E-state index contributed by atoms with van der Waals surface area (Å²) in [5.74, 6) is -0.345. The van der Waals surface area contributed by atoms with Crippen LogP contribution in [-0.2, 0) is 16.4 Å². The molecule has 1 aromatic heterocycles. The summed E-state index contributed by atoms with van der Waals surface area (Å²) in [4.78, 5) is 22.8. The second-order valence-electron chi connectivity index (χ2n) is 6.71. The van der Waals surface area contributed by atoms with Crippen molar-refractivity contribution in [1.82, 2.24) is 4.98 Å². The second kappa shape index (κ2) is 16.7. The number of nitrogens with two attached hydrogens (primary N) is 3. The predicted molar refractivity (Wildman–Crippen MR) is 148 cm³/mol. The van der Waals surface area contributed by atoms with Gasteiger partial charge in [-0.05, 0) is 48.4 Å². The average Bonchev–Trinajstić information content (AvgIpc) is 2.73. The molecule has 3 rings (SSSR count). The van der Waals surface area contributed by atoms with Crippen molar-refractivity contribution >= 4 is 45.8 Å². The third-order valence-electron chi connectivity index (χ3n) is 4.08. The molecular formula is C23H31FN4O5S3. The summed E-state index contributed by atoms with van der Waals surface area (Å²) in [6, 6.07) is 14.5. The number of sulfonamides is 1. The molecule has 3 aromatic rings. The Labute approximate surface area is 221 Å². The summed E-state index contributed by atoms with van der Waals surface area (Å²) < 4.78 is 37.4. The van der Waals surface area contributed by atoms with Crippen LogP contribution in [0, 0.1) is 5.82 Å².